The van der Waals surface area contributed by atoms with Crippen molar-refractivity contribution >= 4 is 12.0 Å². The first-order valence-corrected chi connectivity index (χ1v) is 7.20. The minimum atomic E-state index is -0.282. The van der Waals surface area contributed by atoms with E-state index in [-0.39, 0.29) is 12.1 Å². The summed E-state index contributed by atoms with van der Waals surface area (Å²) in [4.78, 5) is 10.9. The Morgan fingerprint density at radius 1 is 1.14 bits per heavy atom. The van der Waals surface area contributed by atoms with Crippen LogP contribution in [-0.2, 0) is 16.1 Å². The zero-order valence-electron chi connectivity index (χ0n) is 12.9. The zero-order valence-corrected chi connectivity index (χ0v) is 12.9. The Kier molecular flexibility index (Phi) is 5.37. The molecule has 0 saturated heterocycles. The van der Waals surface area contributed by atoms with Crippen molar-refractivity contribution in [3.63, 3.8) is 0 Å². The predicted molar refractivity (Wildman–Crippen MR) is 87.5 cm³/mol. The van der Waals surface area contributed by atoms with E-state index in [0.29, 0.717) is 6.61 Å². The van der Waals surface area contributed by atoms with Gasteiger partial charge < -0.3 is 9.47 Å². The molecule has 2 rings (SSSR count). The van der Waals surface area contributed by atoms with Crippen LogP contribution in [-0.4, -0.2) is 5.97 Å². The van der Waals surface area contributed by atoms with Crippen LogP contribution in [0.1, 0.15) is 36.6 Å². The maximum absolute atomic E-state index is 10.9. The van der Waals surface area contributed by atoms with Crippen LogP contribution < -0.4 is 4.74 Å². The Balaban J connectivity index is 1.93. The smallest absolute Gasteiger partial charge is 0.303 e. The highest BCUT2D eigenvalue weighted by Crippen LogP contribution is 2.21. The Bertz CT molecular complexity index is 627. The molecule has 0 spiro atoms. The molecule has 114 valence electrons. The van der Waals surface area contributed by atoms with Gasteiger partial charge in [0, 0.05) is 6.92 Å². The minimum absolute atomic E-state index is 0.252. The molecule has 0 aliphatic rings. The van der Waals surface area contributed by atoms with Crippen molar-refractivity contribution in [3.05, 3.63) is 71.8 Å². The summed E-state index contributed by atoms with van der Waals surface area (Å²) < 4.78 is 10.9. The van der Waals surface area contributed by atoms with E-state index in [9.17, 15) is 4.79 Å². The van der Waals surface area contributed by atoms with Crippen LogP contribution in [0.4, 0.5) is 0 Å². The van der Waals surface area contributed by atoms with Gasteiger partial charge in [-0.15, -0.1) is 0 Å². The molecular formula is C19H20O3. The fourth-order valence-corrected chi connectivity index (χ4v) is 2.07. The van der Waals surface area contributed by atoms with E-state index in [0.717, 1.165) is 22.4 Å². The Morgan fingerprint density at radius 2 is 1.77 bits per heavy atom. The predicted octanol–water partition coefficient (Wildman–Crippen LogP) is 4.53. The van der Waals surface area contributed by atoms with Gasteiger partial charge in [0.05, 0.1) is 0 Å². The topological polar surface area (TPSA) is 35.5 Å². The number of carbonyl (C=O) groups excluding carboxylic acids is 1. The summed E-state index contributed by atoms with van der Waals surface area (Å²) in [6.07, 6.45) is 1.56. The molecule has 2 aromatic rings. The highest BCUT2D eigenvalue weighted by molar-refractivity contribution is 5.66. The van der Waals surface area contributed by atoms with E-state index in [1.54, 1.807) is 0 Å². The standard InChI is InChI=1S/C19H20O3/c1-4-16-5-7-17(8-6-16)13-21-19-11-9-18(10-12-19)14(2)22-15(3)20/h4-12,14H,1,13H2,2-3H3. The van der Waals surface area contributed by atoms with Gasteiger partial charge in [-0.25, -0.2) is 0 Å². The first-order valence-electron chi connectivity index (χ1n) is 7.20. The molecule has 0 N–H and O–H groups in total. The van der Waals surface area contributed by atoms with E-state index in [1.807, 2.05) is 61.5 Å². The van der Waals surface area contributed by atoms with Gasteiger partial charge >= 0.3 is 5.97 Å². The molecule has 0 heterocycles. The molecule has 0 amide bonds. The second-order valence-corrected chi connectivity index (χ2v) is 5.06. The lowest BCUT2D eigenvalue weighted by atomic mass is 10.1. The SMILES string of the molecule is C=Cc1ccc(COc2ccc(C(C)OC(C)=O)cc2)cc1. The van der Waals surface area contributed by atoms with Crippen LogP contribution in [0, 0.1) is 0 Å². The molecule has 22 heavy (non-hydrogen) atoms. The summed E-state index contributed by atoms with van der Waals surface area (Å²) in [7, 11) is 0. The third kappa shape index (κ3) is 4.48. The van der Waals surface area contributed by atoms with Crippen LogP contribution in [0.25, 0.3) is 6.08 Å². The summed E-state index contributed by atoms with van der Waals surface area (Å²) in [5.41, 5.74) is 3.13. The maximum atomic E-state index is 10.9. The van der Waals surface area contributed by atoms with Crippen molar-refractivity contribution in [3.8, 4) is 5.75 Å². The zero-order chi connectivity index (χ0) is 15.9. The molecule has 0 aliphatic carbocycles. The molecule has 3 heteroatoms. The van der Waals surface area contributed by atoms with E-state index in [2.05, 4.69) is 6.58 Å². The highest BCUT2D eigenvalue weighted by Gasteiger charge is 2.08. The van der Waals surface area contributed by atoms with E-state index < -0.39 is 0 Å². The first kappa shape index (κ1) is 15.8. The first-order chi connectivity index (χ1) is 10.6. The average molecular weight is 296 g/mol. The van der Waals surface area contributed by atoms with Crippen molar-refractivity contribution in [1.82, 2.24) is 0 Å². The lowest BCUT2D eigenvalue weighted by Gasteiger charge is -2.13. The third-order valence-electron chi connectivity index (χ3n) is 3.31. The second-order valence-electron chi connectivity index (χ2n) is 5.06. The maximum Gasteiger partial charge on any atom is 0.303 e. The van der Waals surface area contributed by atoms with Crippen molar-refractivity contribution in [2.45, 2.75) is 26.6 Å². The monoisotopic (exact) mass is 296 g/mol. The van der Waals surface area contributed by atoms with Crippen molar-refractivity contribution < 1.29 is 14.3 Å². The molecule has 1 unspecified atom stereocenters. The van der Waals surface area contributed by atoms with Crippen molar-refractivity contribution in [2.24, 2.45) is 0 Å². The molecule has 2 aromatic carbocycles. The minimum Gasteiger partial charge on any atom is -0.489 e. The molecule has 0 saturated carbocycles. The second kappa shape index (κ2) is 7.46. The van der Waals surface area contributed by atoms with E-state index in [1.165, 1.54) is 6.92 Å². The van der Waals surface area contributed by atoms with Gasteiger partial charge in [-0.2, -0.15) is 0 Å². The quantitative estimate of drug-likeness (QED) is 0.734. The van der Waals surface area contributed by atoms with Gasteiger partial charge in [0.25, 0.3) is 0 Å². The number of benzene rings is 2. The van der Waals surface area contributed by atoms with Crippen LogP contribution in [0.15, 0.2) is 55.1 Å². The van der Waals surface area contributed by atoms with E-state index >= 15 is 0 Å². The third-order valence-corrected chi connectivity index (χ3v) is 3.31. The summed E-state index contributed by atoms with van der Waals surface area (Å²) in [5.74, 6) is 0.502. The van der Waals surface area contributed by atoms with Crippen LogP contribution in [0.5, 0.6) is 5.75 Å². The van der Waals surface area contributed by atoms with Crippen LogP contribution in [0.2, 0.25) is 0 Å². The van der Waals surface area contributed by atoms with Gasteiger partial charge in [0.15, 0.2) is 0 Å². The van der Waals surface area contributed by atoms with Crippen molar-refractivity contribution in [1.29, 1.82) is 0 Å². The summed E-state index contributed by atoms with van der Waals surface area (Å²) >= 11 is 0. The molecule has 0 aromatic heterocycles. The number of hydrogen-bond acceptors (Lipinski definition) is 3. The fourth-order valence-electron chi connectivity index (χ4n) is 2.07. The number of rotatable bonds is 6. The number of hydrogen-bond donors (Lipinski definition) is 0. The lowest BCUT2D eigenvalue weighted by molar-refractivity contribution is -0.145. The lowest BCUT2D eigenvalue weighted by Crippen LogP contribution is -2.04. The van der Waals surface area contributed by atoms with Gasteiger partial charge in [0.2, 0.25) is 0 Å². The van der Waals surface area contributed by atoms with Gasteiger partial charge in [-0.3, -0.25) is 4.79 Å². The molecule has 0 fully saturated rings. The Hall–Kier alpha value is -2.55. The molecule has 0 bridgehead atoms. The highest BCUT2D eigenvalue weighted by atomic mass is 16.5. The fraction of sp³-hybridized carbons (Fsp3) is 0.211. The van der Waals surface area contributed by atoms with Gasteiger partial charge in [0.1, 0.15) is 18.5 Å². The van der Waals surface area contributed by atoms with Crippen LogP contribution in [0.3, 0.4) is 0 Å². The molecule has 1 atom stereocenters. The molecule has 0 aliphatic heterocycles. The average Bonchev–Trinajstić information content (AvgIpc) is 2.53. The number of esters is 1. The van der Waals surface area contributed by atoms with Gasteiger partial charge in [-0.1, -0.05) is 49.1 Å². The summed E-state index contributed by atoms with van der Waals surface area (Å²) in [5, 5.41) is 0. The molecule has 3 nitrogen and oxygen atoms in total. The van der Waals surface area contributed by atoms with Crippen LogP contribution >= 0.6 is 0 Å². The number of carbonyl (C=O) groups is 1. The summed E-state index contributed by atoms with van der Waals surface area (Å²) in [6.45, 7) is 7.50. The summed E-state index contributed by atoms with van der Waals surface area (Å²) in [6, 6.07) is 15.6. The largest absolute Gasteiger partial charge is 0.489 e. The molecular weight excluding hydrogens is 276 g/mol. The van der Waals surface area contributed by atoms with Crippen molar-refractivity contribution in [2.75, 3.05) is 0 Å². The van der Waals surface area contributed by atoms with E-state index in [4.69, 9.17) is 9.47 Å². The Morgan fingerprint density at radius 3 is 2.32 bits per heavy atom. The normalized spacial score (nSPS) is 11.5. The van der Waals surface area contributed by atoms with Gasteiger partial charge in [-0.05, 0) is 35.7 Å². The number of ether oxygens (including phenoxy) is 2. The Labute approximate surface area is 131 Å². The molecule has 0 radical (unpaired) electrons.